The van der Waals surface area contributed by atoms with Crippen molar-refractivity contribution in [3.8, 4) is 0 Å². The first kappa shape index (κ1) is 16.8. The molecule has 1 aliphatic rings. The first-order valence-electron chi connectivity index (χ1n) is 7.88. The molecular formula is C18H27N3S. The number of aryl methyl sites for hydroxylation is 2. The molecule has 2 rings (SSSR count). The normalized spacial score (nSPS) is 20.0. The number of hydrogen-bond acceptors (Lipinski definition) is 2. The third kappa shape index (κ3) is 4.47. The standard InChI is InChI=1S/C18H27N3S/c1-12-9-15(11-18(4,5)10-12)20-21-17(22)19-16-13(2)7-6-8-14(16)3/h6-8,11-12,20H,9-10H2,1-5H3,(H2,19,21,22)/t12-/m0/s1. The van der Waals surface area contributed by atoms with Crippen LogP contribution >= 0.6 is 12.2 Å². The highest BCUT2D eigenvalue weighted by Crippen LogP contribution is 2.35. The Balaban J connectivity index is 1.95. The smallest absolute Gasteiger partial charge is 0.189 e. The Hall–Kier alpha value is -1.55. The third-order valence-electron chi connectivity index (χ3n) is 4.06. The Morgan fingerprint density at radius 2 is 1.86 bits per heavy atom. The molecule has 0 saturated heterocycles. The molecule has 3 nitrogen and oxygen atoms in total. The van der Waals surface area contributed by atoms with E-state index in [1.165, 1.54) is 23.2 Å². The summed E-state index contributed by atoms with van der Waals surface area (Å²) in [6.45, 7) is 11.0. The monoisotopic (exact) mass is 317 g/mol. The number of nitrogens with one attached hydrogen (secondary N) is 3. The summed E-state index contributed by atoms with van der Waals surface area (Å²) in [6.07, 6.45) is 4.59. The van der Waals surface area contributed by atoms with Gasteiger partial charge in [-0.25, -0.2) is 0 Å². The molecule has 4 heteroatoms. The second-order valence-electron chi connectivity index (χ2n) is 7.14. The molecule has 22 heavy (non-hydrogen) atoms. The topological polar surface area (TPSA) is 36.1 Å². The molecule has 1 aromatic rings. The molecule has 120 valence electrons. The first-order chi connectivity index (χ1) is 10.3. The van der Waals surface area contributed by atoms with Crippen molar-refractivity contribution in [3.63, 3.8) is 0 Å². The van der Waals surface area contributed by atoms with Gasteiger partial charge in [-0.1, -0.05) is 45.0 Å². The van der Waals surface area contributed by atoms with Crippen LogP contribution in [0.3, 0.4) is 0 Å². The number of benzene rings is 1. The highest BCUT2D eigenvalue weighted by molar-refractivity contribution is 7.80. The number of thiocarbonyl (C=S) groups is 1. The van der Waals surface area contributed by atoms with Crippen molar-refractivity contribution in [2.45, 2.75) is 47.5 Å². The molecule has 0 saturated carbocycles. The van der Waals surface area contributed by atoms with Crippen molar-refractivity contribution < 1.29 is 0 Å². The molecule has 0 bridgehead atoms. The van der Waals surface area contributed by atoms with Gasteiger partial charge in [0.05, 0.1) is 0 Å². The molecule has 0 unspecified atom stereocenters. The minimum absolute atomic E-state index is 0.239. The molecule has 0 amide bonds. The lowest BCUT2D eigenvalue weighted by Crippen LogP contribution is -2.41. The zero-order chi connectivity index (χ0) is 16.3. The van der Waals surface area contributed by atoms with Gasteiger partial charge in [-0.15, -0.1) is 0 Å². The lowest BCUT2D eigenvalue weighted by Gasteiger charge is -2.32. The quantitative estimate of drug-likeness (QED) is 0.569. The van der Waals surface area contributed by atoms with Crippen LogP contribution in [0.15, 0.2) is 30.0 Å². The van der Waals surface area contributed by atoms with Crippen molar-refractivity contribution in [2.75, 3.05) is 5.32 Å². The van der Waals surface area contributed by atoms with Gasteiger partial charge in [0, 0.05) is 11.4 Å². The Kier molecular flexibility index (Phi) is 5.12. The van der Waals surface area contributed by atoms with Crippen LogP contribution in [0.25, 0.3) is 0 Å². The maximum absolute atomic E-state index is 5.40. The van der Waals surface area contributed by atoms with Crippen LogP contribution < -0.4 is 16.2 Å². The molecule has 3 N–H and O–H groups in total. The Labute approximate surface area is 139 Å². The van der Waals surface area contributed by atoms with Gasteiger partial charge in [-0.2, -0.15) is 0 Å². The Bertz CT molecular complexity index is 570. The molecule has 0 aromatic heterocycles. The minimum Gasteiger partial charge on any atom is -0.331 e. The van der Waals surface area contributed by atoms with Crippen molar-refractivity contribution in [2.24, 2.45) is 11.3 Å². The van der Waals surface area contributed by atoms with E-state index >= 15 is 0 Å². The van der Waals surface area contributed by atoms with Gasteiger partial charge in [0.25, 0.3) is 0 Å². The Morgan fingerprint density at radius 1 is 1.23 bits per heavy atom. The van der Waals surface area contributed by atoms with Crippen molar-refractivity contribution in [1.29, 1.82) is 0 Å². The van der Waals surface area contributed by atoms with E-state index in [-0.39, 0.29) is 5.41 Å². The zero-order valence-electron chi connectivity index (χ0n) is 14.2. The molecule has 1 atom stereocenters. The number of hydrazine groups is 1. The van der Waals surface area contributed by atoms with E-state index in [1.54, 1.807) is 0 Å². The molecular weight excluding hydrogens is 290 g/mol. The van der Waals surface area contributed by atoms with E-state index in [0.717, 1.165) is 12.1 Å². The fourth-order valence-electron chi connectivity index (χ4n) is 3.32. The summed E-state index contributed by atoms with van der Waals surface area (Å²) in [6, 6.07) is 6.22. The fraction of sp³-hybridized carbons (Fsp3) is 0.500. The van der Waals surface area contributed by atoms with Crippen LogP contribution in [0.4, 0.5) is 5.69 Å². The molecule has 0 heterocycles. The molecule has 0 aliphatic heterocycles. The Morgan fingerprint density at radius 3 is 2.45 bits per heavy atom. The maximum atomic E-state index is 5.40. The van der Waals surface area contributed by atoms with E-state index in [4.69, 9.17) is 12.2 Å². The van der Waals surface area contributed by atoms with E-state index in [1.807, 2.05) is 0 Å². The van der Waals surface area contributed by atoms with E-state index in [2.05, 4.69) is 75.1 Å². The number of anilines is 1. The van der Waals surface area contributed by atoms with Crippen molar-refractivity contribution in [3.05, 3.63) is 41.1 Å². The summed E-state index contributed by atoms with van der Waals surface area (Å²) in [5.74, 6) is 0.685. The summed E-state index contributed by atoms with van der Waals surface area (Å²) in [5, 5.41) is 3.87. The number of allylic oxidation sites excluding steroid dienone is 2. The van der Waals surface area contributed by atoms with Crippen LogP contribution in [0.2, 0.25) is 0 Å². The number of rotatable bonds is 3. The molecule has 0 fully saturated rings. The van der Waals surface area contributed by atoms with Gasteiger partial charge in [-0.3, -0.25) is 5.43 Å². The summed E-state index contributed by atoms with van der Waals surface area (Å²) < 4.78 is 0. The molecule has 1 aliphatic carbocycles. The first-order valence-corrected chi connectivity index (χ1v) is 8.28. The maximum Gasteiger partial charge on any atom is 0.189 e. The van der Waals surface area contributed by atoms with E-state index in [0.29, 0.717) is 11.0 Å². The van der Waals surface area contributed by atoms with Crippen LogP contribution in [0.1, 0.15) is 44.7 Å². The highest BCUT2D eigenvalue weighted by atomic mass is 32.1. The highest BCUT2D eigenvalue weighted by Gasteiger charge is 2.25. The van der Waals surface area contributed by atoms with Gasteiger partial charge in [0.15, 0.2) is 5.11 Å². The van der Waals surface area contributed by atoms with Crippen LogP contribution in [0, 0.1) is 25.2 Å². The molecule has 1 aromatic carbocycles. The van der Waals surface area contributed by atoms with Gasteiger partial charge in [-0.05, 0) is 61.4 Å². The fourth-order valence-corrected chi connectivity index (χ4v) is 3.47. The second kappa shape index (κ2) is 6.69. The molecule has 0 radical (unpaired) electrons. The average Bonchev–Trinajstić information content (AvgIpc) is 2.38. The van der Waals surface area contributed by atoms with Crippen LogP contribution in [-0.2, 0) is 0 Å². The van der Waals surface area contributed by atoms with Crippen LogP contribution in [-0.4, -0.2) is 5.11 Å². The summed E-state index contributed by atoms with van der Waals surface area (Å²) in [5.41, 5.74) is 11.3. The molecule has 0 spiro atoms. The van der Waals surface area contributed by atoms with E-state index < -0.39 is 0 Å². The largest absolute Gasteiger partial charge is 0.331 e. The third-order valence-corrected chi connectivity index (χ3v) is 4.27. The zero-order valence-corrected chi connectivity index (χ0v) is 15.0. The van der Waals surface area contributed by atoms with Gasteiger partial charge >= 0.3 is 0 Å². The number of para-hydroxylation sites is 1. The van der Waals surface area contributed by atoms with Crippen molar-refractivity contribution in [1.82, 2.24) is 10.9 Å². The lowest BCUT2D eigenvalue weighted by molar-refractivity contribution is 0.313. The summed E-state index contributed by atoms with van der Waals surface area (Å²) in [4.78, 5) is 0. The average molecular weight is 318 g/mol. The van der Waals surface area contributed by atoms with Crippen molar-refractivity contribution >= 4 is 23.0 Å². The second-order valence-corrected chi connectivity index (χ2v) is 7.55. The predicted octanol–water partition coefficient (Wildman–Crippen LogP) is 4.43. The summed E-state index contributed by atoms with van der Waals surface area (Å²) in [7, 11) is 0. The SMILES string of the molecule is Cc1cccc(C)c1NC(=S)NNC1=CC(C)(C)C[C@@H](C)C1. The van der Waals surface area contributed by atoms with Crippen LogP contribution in [0.5, 0.6) is 0 Å². The van der Waals surface area contributed by atoms with Gasteiger partial charge in [0.1, 0.15) is 0 Å². The predicted molar refractivity (Wildman–Crippen MR) is 98.7 cm³/mol. The lowest BCUT2D eigenvalue weighted by atomic mass is 9.76. The minimum atomic E-state index is 0.239. The summed E-state index contributed by atoms with van der Waals surface area (Å²) >= 11 is 5.40. The number of hydrogen-bond donors (Lipinski definition) is 3. The van der Waals surface area contributed by atoms with Gasteiger partial charge in [0.2, 0.25) is 0 Å². The van der Waals surface area contributed by atoms with Gasteiger partial charge < -0.3 is 10.7 Å². The van der Waals surface area contributed by atoms with E-state index in [9.17, 15) is 0 Å².